The lowest BCUT2D eigenvalue weighted by Gasteiger charge is -2.12. The van der Waals surface area contributed by atoms with E-state index in [4.69, 9.17) is 4.42 Å². The molecule has 0 saturated heterocycles. The number of carbonyl (C=O) groups excluding carboxylic acids is 1. The van der Waals surface area contributed by atoms with Crippen LogP contribution in [0.1, 0.15) is 24.4 Å². The third kappa shape index (κ3) is 3.94. The van der Waals surface area contributed by atoms with Crippen molar-refractivity contribution in [1.29, 1.82) is 0 Å². The fourth-order valence-corrected chi connectivity index (χ4v) is 1.91. The van der Waals surface area contributed by atoms with E-state index in [1.807, 2.05) is 24.3 Å². The Morgan fingerprint density at radius 1 is 1.30 bits per heavy atom. The molecule has 5 nitrogen and oxygen atoms in total. The third-order valence-electron chi connectivity index (χ3n) is 2.85. The van der Waals surface area contributed by atoms with Gasteiger partial charge in [-0.25, -0.2) is 0 Å². The molecular weight excluding hydrogens is 256 g/mol. The molecule has 2 rings (SSSR count). The minimum absolute atomic E-state index is 0.104. The van der Waals surface area contributed by atoms with Gasteiger partial charge in [0.1, 0.15) is 11.9 Å². The first-order valence-corrected chi connectivity index (χ1v) is 6.44. The molecule has 0 aliphatic rings. The Morgan fingerprint density at radius 2 is 2.10 bits per heavy atom. The zero-order valence-corrected chi connectivity index (χ0v) is 11.3. The van der Waals surface area contributed by atoms with Gasteiger partial charge in [0, 0.05) is 25.7 Å². The summed E-state index contributed by atoms with van der Waals surface area (Å²) in [6, 6.07) is 11.0. The molecule has 1 heterocycles. The van der Waals surface area contributed by atoms with Crippen LogP contribution in [0, 0.1) is 0 Å². The summed E-state index contributed by atoms with van der Waals surface area (Å²) < 4.78 is 5.13. The van der Waals surface area contributed by atoms with Gasteiger partial charge in [-0.15, -0.1) is 0 Å². The molecule has 20 heavy (non-hydrogen) atoms. The summed E-state index contributed by atoms with van der Waals surface area (Å²) in [6.07, 6.45) is 0.850. The summed E-state index contributed by atoms with van der Waals surface area (Å²) in [5, 5.41) is 15.8. The highest BCUT2D eigenvalue weighted by atomic mass is 16.4. The Balaban J connectivity index is 1.89. The van der Waals surface area contributed by atoms with Crippen molar-refractivity contribution in [3.63, 3.8) is 0 Å². The van der Waals surface area contributed by atoms with Gasteiger partial charge in [0.05, 0.1) is 6.26 Å². The number of anilines is 1. The topological polar surface area (TPSA) is 74.5 Å². The van der Waals surface area contributed by atoms with E-state index in [0.717, 1.165) is 11.3 Å². The molecule has 106 valence electrons. The van der Waals surface area contributed by atoms with Crippen molar-refractivity contribution < 1.29 is 14.3 Å². The summed E-state index contributed by atoms with van der Waals surface area (Å²) in [6.45, 7) is 2.40. The lowest BCUT2D eigenvalue weighted by Crippen LogP contribution is -2.21. The fourth-order valence-electron chi connectivity index (χ4n) is 1.91. The van der Waals surface area contributed by atoms with Crippen LogP contribution < -0.4 is 10.6 Å². The monoisotopic (exact) mass is 274 g/mol. The predicted molar refractivity (Wildman–Crippen MR) is 76.1 cm³/mol. The van der Waals surface area contributed by atoms with E-state index < -0.39 is 6.10 Å². The molecule has 2 aromatic rings. The molecule has 5 heteroatoms. The minimum atomic E-state index is -0.682. The highest BCUT2D eigenvalue weighted by molar-refractivity contribution is 5.89. The van der Waals surface area contributed by atoms with Crippen LogP contribution in [-0.2, 0) is 11.3 Å². The van der Waals surface area contributed by atoms with Crippen LogP contribution in [0.25, 0.3) is 0 Å². The number of benzene rings is 1. The lowest BCUT2D eigenvalue weighted by molar-refractivity contribution is -0.114. The van der Waals surface area contributed by atoms with Gasteiger partial charge in [-0.2, -0.15) is 0 Å². The Kier molecular flexibility index (Phi) is 4.92. The second-order valence-corrected chi connectivity index (χ2v) is 4.50. The van der Waals surface area contributed by atoms with Gasteiger partial charge in [-0.05, 0) is 23.8 Å². The molecule has 1 aromatic heterocycles. The third-order valence-corrected chi connectivity index (χ3v) is 2.85. The van der Waals surface area contributed by atoms with Crippen molar-refractivity contribution in [1.82, 2.24) is 5.32 Å². The number of amides is 1. The summed E-state index contributed by atoms with van der Waals surface area (Å²) in [5.41, 5.74) is 1.74. The Bertz CT molecular complexity index is 552. The van der Waals surface area contributed by atoms with E-state index in [-0.39, 0.29) is 5.91 Å². The number of hydrogen-bond acceptors (Lipinski definition) is 4. The lowest BCUT2D eigenvalue weighted by atomic mass is 10.1. The first kappa shape index (κ1) is 14.3. The van der Waals surface area contributed by atoms with E-state index in [1.54, 1.807) is 12.1 Å². The largest absolute Gasteiger partial charge is 0.467 e. The van der Waals surface area contributed by atoms with Crippen molar-refractivity contribution in [2.75, 3.05) is 11.9 Å². The molecule has 1 amide bonds. The number of nitrogens with one attached hydrogen (secondary N) is 2. The van der Waals surface area contributed by atoms with Crippen molar-refractivity contribution in [2.45, 2.75) is 19.6 Å². The molecule has 0 spiro atoms. The SMILES string of the molecule is CC(=O)Nc1ccccc1CNCC(O)c1ccco1. The summed E-state index contributed by atoms with van der Waals surface area (Å²) >= 11 is 0. The predicted octanol–water partition coefficient (Wildman–Crippen LogP) is 2.06. The molecule has 0 fully saturated rings. The van der Waals surface area contributed by atoms with Crippen molar-refractivity contribution >= 4 is 11.6 Å². The summed E-state index contributed by atoms with van der Waals surface area (Å²) in [5.74, 6) is 0.431. The normalized spacial score (nSPS) is 12.1. The van der Waals surface area contributed by atoms with Crippen LogP contribution in [0.2, 0.25) is 0 Å². The van der Waals surface area contributed by atoms with E-state index in [0.29, 0.717) is 18.8 Å². The minimum Gasteiger partial charge on any atom is -0.467 e. The van der Waals surface area contributed by atoms with E-state index >= 15 is 0 Å². The standard InChI is InChI=1S/C15H18N2O3/c1-11(18)17-13-6-3-2-5-12(13)9-16-10-14(19)15-7-4-8-20-15/h2-8,14,16,19H,9-10H2,1H3,(H,17,18). The summed E-state index contributed by atoms with van der Waals surface area (Å²) in [7, 11) is 0. The number of hydrogen-bond donors (Lipinski definition) is 3. The molecule has 1 aromatic carbocycles. The number of furan rings is 1. The number of aliphatic hydroxyl groups excluding tert-OH is 1. The number of carbonyl (C=O) groups is 1. The van der Waals surface area contributed by atoms with Crippen LogP contribution in [0.15, 0.2) is 47.1 Å². The first-order valence-electron chi connectivity index (χ1n) is 6.44. The van der Waals surface area contributed by atoms with Gasteiger partial charge < -0.3 is 20.2 Å². The molecule has 1 unspecified atom stereocenters. The highest BCUT2D eigenvalue weighted by Gasteiger charge is 2.10. The molecular formula is C15H18N2O3. The highest BCUT2D eigenvalue weighted by Crippen LogP contribution is 2.16. The molecule has 0 radical (unpaired) electrons. The van der Waals surface area contributed by atoms with Crippen LogP contribution >= 0.6 is 0 Å². The van der Waals surface area contributed by atoms with Gasteiger partial charge in [0.2, 0.25) is 5.91 Å². The Hall–Kier alpha value is -2.11. The van der Waals surface area contributed by atoms with Gasteiger partial charge in [0.25, 0.3) is 0 Å². The Labute approximate surface area is 117 Å². The van der Waals surface area contributed by atoms with E-state index in [2.05, 4.69) is 10.6 Å². The maximum atomic E-state index is 11.1. The first-order chi connectivity index (χ1) is 9.66. The maximum absolute atomic E-state index is 11.1. The summed E-state index contributed by atoms with van der Waals surface area (Å²) in [4.78, 5) is 11.1. The molecule has 0 aliphatic heterocycles. The van der Waals surface area contributed by atoms with Crippen LogP contribution in [0.3, 0.4) is 0 Å². The van der Waals surface area contributed by atoms with E-state index in [1.165, 1.54) is 13.2 Å². The fraction of sp³-hybridized carbons (Fsp3) is 0.267. The molecule has 1 atom stereocenters. The number of aliphatic hydroxyl groups is 1. The smallest absolute Gasteiger partial charge is 0.221 e. The van der Waals surface area contributed by atoms with Crippen LogP contribution in [0.4, 0.5) is 5.69 Å². The quantitative estimate of drug-likeness (QED) is 0.753. The van der Waals surface area contributed by atoms with Crippen LogP contribution in [0.5, 0.6) is 0 Å². The molecule has 0 bridgehead atoms. The number of para-hydroxylation sites is 1. The average molecular weight is 274 g/mol. The molecule has 0 aliphatic carbocycles. The maximum Gasteiger partial charge on any atom is 0.221 e. The second-order valence-electron chi connectivity index (χ2n) is 4.50. The second kappa shape index (κ2) is 6.88. The van der Waals surface area contributed by atoms with Gasteiger partial charge in [-0.3, -0.25) is 4.79 Å². The van der Waals surface area contributed by atoms with Crippen LogP contribution in [-0.4, -0.2) is 17.6 Å². The Morgan fingerprint density at radius 3 is 2.80 bits per heavy atom. The van der Waals surface area contributed by atoms with Crippen molar-refractivity contribution in [3.8, 4) is 0 Å². The average Bonchev–Trinajstić information content (AvgIpc) is 2.94. The molecule has 3 N–H and O–H groups in total. The van der Waals surface area contributed by atoms with Gasteiger partial charge >= 0.3 is 0 Å². The zero-order valence-electron chi connectivity index (χ0n) is 11.3. The van der Waals surface area contributed by atoms with Crippen molar-refractivity contribution in [3.05, 3.63) is 54.0 Å². The van der Waals surface area contributed by atoms with E-state index in [9.17, 15) is 9.90 Å². The number of rotatable bonds is 6. The molecule has 0 saturated carbocycles. The van der Waals surface area contributed by atoms with Crippen molar-refractivity contribution in [2.24, 2.45) is 0 Å². The van der Waals surface area contributed by atoms with Gasteiger partial charge in [-0.1, -0.05) is 18.2 Å². The van der Waals surface area contributed by atoms with Gasteiger partial charge in [0.15, 0.2) is 0 Å². The zero-order chi connectivity index (χ0) is 14.4.